The minimum absolute atomic E-state index is 0.140. The monoisotopic (exact) mass is 359 g/mol. The highest BCUT2D eigenvalue weighted by Gasteiger charge is 2.24. The maximum absolute atomic E-state index is 10.2. The fourth-order valence-electron chi connectivity index (χ4n) is 3.06. The molecule has 2 heterocycles. The van der Waals surface area contributed by atoms with Gasteiger partial charge in [0.25, 0.3) is 0 Å². The van der Waals surface area contributed by atoms with Crippen molar-refractivity contribution in [3.8, 4) is 11.5 Å². The molecule has 1 fully saturated rings. The SMILES string of the molecule is COc1cccc(C=NC[C@@H](c2cccs2)N2CCN(C)CC2)c1O. The van der Waals surface area contributed by atoms with Crippen LogP contribution in [0.2, 0.25) is 0 Å². The lowest BCUT2D eigenvalue weighted by Gasteiger charge is -2.37. The number of ether oxygens (including phenoxy) is 1. The molecule has 1 aliphatic rings. The molecule has 0 bridgehead atoms. The number of thiophene rings is 1. The van der Waals surface area contributed by atoms with Crippen LogP contribution in [0.5, 0.6) is 11.5 Å². The standard InChI is InChI=1S/C19H25N3O2S/c1-21-8-10-22(11-9-21)16(18-7-4-12-25-18)14-20-13-15-5-3-6-17(24-2)19(15)23/h3-7,12-13,16,23H,8-11,14H2,1-2H3/t16-/m0/s1. The summed E-state index contributed by atoms with van der Waals surface area (Å²) in [5, 5.41) is 12.3. The molecule has 1 aliphatic heterocycles. The van der Waals surface area contributed by atoms with Crippen LogP contribution in [-0.2, 0) is 0 Å². The topological polar surface area (TPSA) is 48.3 Å². The predicted molar refractivity (Wildman–Crippen MR) is 103 cm³/mol. The summed E-state index contributed by atoms with van der Waals surface area (Å²) in [4.78, 5) is 10.9. The molecule has 0 aliphatic carbocycles. The Bertz CT molecular complexity index is 695. The highest BCUT2D eigenvalue weighted by molar-refractivity contribution is 7.10. The fraction of sp³-hybridized carbons (Fsp3) is 0.421. The zero-order valence-electron chi connectivity index (χ0n) is 14.8. The number of aliphatic imine (C=N–C) groups is 1. The van der Waals surface area contributed by atoms with Crippen LogP contribution in [0.1, 0.15) is 16.5 Å². The minimum Gasteiger partial charge on any atom is -0.504 e. The van der Waals surface area contributed by atoms with Gasteiger partial charge in [0.2, 0.25) is 0 Å². The molecular formula is C19H25N3O2S. The van der Waals surface area contributed by atoms with Gasteiger partial charge in [-0.2, -0.15) is 0 Å². The number of hydrogen-bond acceptors (Lipinski definition) is 6. The molecule has 2 aromatic rings. The van der Waals surface area contributed by atoms with E-state index in [9.17, 15) is 5.11 Å². The summed E-state index contributed by atoms with van der Waals surface area (Å²) in [6.07, 6.45) is 1.74. The number of phenolic OH excluding ortho intramolecular Hbond substituents is 1. The second-order valence-corrected chi connectivity index (χ2v) is 7.24. The van der Waals surface area contributed by atoms with Crippen molar-refractivity contribution in [3.05, 3.63) is 46.2 Å². The molecule has 0 unspecified atom stereocenters. The smallest absolute Gasteiger partial charge is 0.166 e. The molecular weight excluding hydrogens is 334 g/mol. The van der Waals surface area contributed by atoms with E-state index in [1.54, 1.807) is 30.7 Å². The van der Waals surface area contributed by atoms with E-state index in [4.69, 9.17) is 4.74 Å². The van der Waals surface area contributed by atoms with E-state index >= 15 is 0 Å². The lowest BCUT2D eigenvalue weighted by atomic mass is 10.1. The molecule has 1 aromatic heterocycles. The summed E-state index contributed by atoms with van der Waals surface area (Å²) in [7, 11) is 3.72. The average molecular weight is 359 g/mol. The number of nitrogens with zero attached hydrogens (tertiary/aromatic N) is 3. The van der Waals surface area contributed by atoms with Crippen molar-refractivity contribution >= 4 is 17.6 Å². The summed E-state index contributed by atoms with van der Waals surface area (Å²) in [6.45, 7) is 4.96. The predicted octanol–water partition coefficient (Wildman–Crippen LogP) is 2.87. The number of para-hydroxylation sites is 1. The number of hydrogen-bond donors (Lipinski definition) is 1. The summed E-state index contributed by atoms with van der Waals surface area (Å²) in [5.41, 5.74) is 0.683. The highest BCUT2D eigenvalue weighted by atomic mass is 32.1. The van der Waals surface area contributed by atoms with E-state index in [2.05, 4.69) is 39.4 Å². The molecule has 1 saturated heterocycles. The summed E-state index contributed by atoms with van der Waals surface area (Å²) in [6, 6.07) is 10.0. The molecule has 3 rings (SSSR count). The van der Waals surface area contributed by atoms with Crippen molar-refractivity contribution in [2.75, 3.05) is 46.9 Å². The van der Waals surface area contributed by atoms with Crippen molar-refractivity contribution in [1.82, 2.24) is 9.80 Å². The van der Waals surface area contributed by atoms with E-state index in [0.29, 0.717) is 17.9 Å². The molecule has 1 aromatic carbocycles. The summed E-state index contributed by atoms with van der Waals surface area (Å²) in [5.74, 6) is 0.610. The number of phenols is 1. The van der Waals surface area contributed by atoms with Crippen LogP contribution in [0, 0.1) is 0 Å². The van der Waals surface area contributed by atoms with Crippen molar-refractivity contribution < 1.29 is 9.84 Å². The number of piperazine rings is 1. The van der Waals surface area contributed by atoms with Crippen LogP contribution >= 0.6 is 11.3 Å². The molecule has 1 N–H and O–H groups in total. The van der Waals surface area contributed by atoms with Gasteiger partial charge in [-0.1, -0.05) is 12.1 Å². The van der Waals surface area contributed by atoms with Crippen LogP contribution in [0.3, 0.4) is 0 Å². The van der Waals surface area contributed by atoms with Gasteiger partial charge in [0.05, 0.1) is 19.7 Å². The number of likely N-dealkylation sites (N-methyl/N-ethyl adjacent to an activating group) is 1. The maximum Gasteiger partial charge on any atom is 0.166 e. The molecule has 1 atom stereocenters. The first-order valence-electron chi connectivity index (χ1n) is 8.51. The first kappa shape index (κ1) is 17.9. The van der Waals surface area contributed by atoms with Crippen molar-refractivity contribution in [3.63, 3.8) is 0 Å². The van der Waals surface area contributed by atoms with E-state index < -0.39 is 0 Å². The van der Waals surface area contributed by atoms with Crippen LogP contribution < -0.4 is 4.74 Å². The first-order chi connectivity index (χ1) is 12.2. The molecule has 134 valence electrons. The zero-order chi connectivity index (χ0) is 17.6. The molecule has 25 heavy (non-hydrogen) atoms. The van der Waals surface area contributed by atoms with Crippen molar-refractivity contribution in [2.45, 2.75) is 6.04 Å². The van der Waals surface area contributed by atoms with Crippen LogP contribution in [-0.4, -0.2) is 68.0 Å². The number of aromatic hydroxyl groups is 1. The Morgan fingerprint density at radius 1 is 1.24 bits per heavy atom. The molecule has 6 heteroatoms. The third-order valence-electron chi connectivity index (χ3n) is 4.61. The van der Waals surface area contributed by atoms with Gasteiger partial charge in [0.1, 0.15) is 0 Å². The Morgan fingerprint density at radius 2 is 2.04 bits per heavy atom. The van der Waals surface area contributed by atoms with E-state index in [0.717, 1.165) is 26.2 Å². The third-order valence-corrected chi connectivity index (χ3v) is 5.58. The van der Waals surface area contributed by atoms with Crippen LogP contribution in [0.4, 0.5) is 0 Å². The van der Waals surface area contributed by atoms with Crippen molar-refractivity contribution in [2.24, 2.45) is 4.99 Å². The number of methoxy groups -OCH3 is 1. The normalized spacial score (nSPS) is 17.8. The summed E-state index contributed by atoms with van der Waals surface area (Å²) < 4.78 is 5.15. The van der Waals surface area contributed by atoms with E-state index in [1.165, 1.54) is 4.88 Å². The van der Waals surface area contributed by atoms with E-state index in [1.807, 2.05) is 12.1 Å². The number of benzene rings is 1. The Hall–Kier alpha value is -1.89. The summed E-state index contributed by atoms with van der Waals surface area (Å²) >= 11 is 1.78. The van der Waals surface area contributed by atoms with Gasteiger partial charge >= 0.3 is 0 Å². The van der Waals surface area contributed by atoms with Gasteiger partial charge in [-0.3, -0.25) is 9.89 Å². The number of rotatable bonds is 6. The van der Waals surface area contributed by atoms with Gasteiger partial charge in [-0.25, -0.2) is 0 Å². The van der Waals surface area contributed by atoms with Crippen molar-refractivity contribution in [1.29, 1.82) is 0 Å². The Balaban J connectivity index is 1.73. The second-order valence-electron chi connectivity index (χ2n) is 6.26. The van der Waals surface area contributed by atoms with Crippen LogP contribution in [0.25, 0.3) is 0 Å². The van der Waals surface area contributed by atoms with Gasteiger partial charge < -0.3 is 14.7 Å². The largest absolute Gasteiger partial charge is 0.504 e. The van der Waals surface area contributed by atoms with Gasteiger partial charge in [-0.15, -0.1) is 11.3 Å². The molecule has 5 nitrogen and oxygen atoms in total. The van der Waals surface area contributed by atoms with Crippen LogP contribution in [0.15, 0.2) is 40.7 Å². The molecule has 0 amide bonds. The molecule has 0 saturated carbocycles. The third kappa shape index (κ3) is 4.39. The lowest BCUT2D eigenvalue weighted by Crippen LogP contribution is -2.46. The lowest BCUT2D eigenvalue weighted by molar-refractivity contribution is 0.116. The molecule has 0 radical (unpaired) electrons. The second kappa shape index (κ2) is 8.47. The average Bonchev–Trinajstić information content (AvgIpc) is 3.15. The van der Waals surface area contributed by atoms with E-state index in [-0.39, 0.29) is 11.8 Å². The Kier molecular flexibility index (Phi) is 6.07. The maximum atomic E-state index is 10.2. The quantitative estimate of drug-likeness (QED) is 0.806. The first-order valence-corrected chi connectivity index (χ1v) is 9.39. The Labute approximate surface area is 153 Å². The van der Waals surface area contributed by atoms with Gasteiger partial charge in [0.15, 0.2) is 11.5 Å². The minimum atomic E-state index is 0.140. The van der Waals surface area contributed by atoms with Gasteiger partial charge in [-0.05, 0) is 30.6 Å². The highest BCUT2D eigenvalue weighted by Crippen LogP contribution is 2.29. The zero-order valence-corrected chi connectivity index (χ0v) is 15.6. The van der Waals surface area contributed by atoms with Gasteiger partial charge in [0, 0.05) is 42.8 Å². The molecule has 0 spiro atoms. The Morgan fingerprint density at radius 3 is 2.72 bits per heavy atom. The fourth-order valence-corrected chi connectivity index (χ4v) is 3.91.